The lowest BCUT2D eigenvalue weighted by Crippen LogP contribution is -2.34. The van der Waals surface area contributed by atoms with E-state index in [9.17, 15) is 26.8 Å². The van der Waals surface area contributed by atoms with Gasteiger partial charge in [-0.05, 0) is 26.7 Å². The van der Waals surface area contributed by atoms with E-state index in [4.69, 9.17) is 9.29 Å². The molecule has 0 aliphatic heterocycles. The van der Waals surface area contributed by atoms with Gasteiger partial charge < -0.3 is 9.47 Å². The number of hydrogen-bond acceptors (Lipinski definition) is 6. The molecule has 22 heavy (non-hydrogen) atoms. The zero-order chi connectivity index (χ0) is 17.6. The minimum Gasteiger partial charge on any atom is -0.465 e. The van der Waals surface area contributed by atoms with Crippen LogP contribution in [0.5, 0.6) is 0 Å². The first-order valence-electron chi connectivity index (χ1n) is 6.51. The average molecular weight is 346 g/mol. The van der Waals surface area contributed by atoms with Crippen LogP contribution in [0.2, 0.25) is 0 Å². The summed E-state index contributed by atoms with van der Waals surface area (Å²) in [4.78, 5) is 22.7. The highest BCUT2D eigenvalue weighted by molar-refractivity contribution is 7.86. The lowest BCUT2D eigenvalue weighted by atomic mass is 9.91. The quantitative estimate of drug-likeness (QED) is 0.385. The van der Waals surface area contributed by atoms with Crippen LogP contribution in [-0.4, -0.2) is 43.4 Å². The molecule has 7 nitrogen and oxygen atoms in total. The second-order valence-corrected chi connectivity index (χ2v) is 6.80. The SMILES string of the molecule is CCC(C)(C)C(=O)OCCCC(=O)OCC(F)(F)S(=O)(=O)O. The smallest absolute Gasteiger partial charge is 0.402 e. The molecule has 0 heterocycles. The van der Waals surface area contributed by atoms with Gasteiger partial charge in [-0.25, -0.2) is 0 Å². The molecular weight excluding hydrogens is 326 g/mol. The number of esters is 2. The Bertz CT molecular complexity index is 500. The van der Waals surface area contributed by atoms with Gasteiger partial charge >= 0.3 is 27.3 Å². The van der Waals surface area contributed by atoms with Crippen molar-refractivity contribution in [2.45, 2.75) is 45.3 Å². The molecule has 0 saturated carbocycles. The van der Waals surface area contributed by atoms with Crippen LogP contribution in [0.1, 0.15) is 40.0 Å². The molecule has 0 radical (unpaired) electrons. The molecule has 10 heteroatoms. The monoisotopic (exact) mass is 346 g/mol. The third kappa shape index (κ3) is 6.65. The summed E-state index contributed by atoms with van der Waals surface area (Å²) in [6.07, 6.45) is 0.280. The molecular formula is C12H20F2O7S. The van der Waals surface area contributed by atoms with Crippen LogP contribution in [0.15, 0.2) is 0 Å². The Hall–Kier alpha value is -1.29. The van der Waals surface area contributed by atoms with Crippen LogP contribution in [-0.2, 0) is 29.2 Å². The summed E-state index contributed by atoms with van der Waals surface area (Å²) in [5, 5.41) is -4.56. The summed E-state index contributed by atoms with van der Waals surface area (Å²) >= 11 is 0. The summed E-state index contributed by atoms with van der Waals surface area (Å²) in [5.74, 6) is -1.53. The molecule has 0 aliphatic carbocycles. The first-order valence-corrected chi connectivity index (χ1v) is 7.95. The molecule has 0 amide bonds. The van der Waals surface area contributed by atoms with E-state index in [1.807, 2.05) is 6.92 Å². The Morgan fingerprint density at radius 2 is 1.73 bits per heavy atom. The van der Waals surface area contributed by atoms with Crippen molar-refractivity contribution in [1.29, 1.82) is 0 Å². The molecule has 0 aromatic heterocycles. The molecule has 0 rings (SSSR count). The minimum atomic E-state index is -5.63. The van der Waals surface area contributed by atoms with Crippen molar-refractivity contribution >= 4 is 22.1 Å². The summed E-state index contributed by atoms with van der Waals surface area (Å²) in [5.41, 5.74) is -0.655. The molecule has 0 spiro atoms. The van der Waals surface area contributed by atoms with Gasteiger partial charge in [0.15, 0.2) is 6.61 Å². The van der Waals surface area contributed by atoms with Crippen molar-refractivity contribution in [3.05, 3.63) is 0 Å². The first kappa shape index (κ1) is 20.7. The van der Waals surface area contributed by atoms with E-state index in [1.54, 1.807) is 13.8 Å². The van der Waals surface area contributed by atoms with Crippen LogP contribution in [0.3, 0.4) is 0 Å². The molecule has 0 atom stereocenters. The van der Waals surface area contributed by atoms with Crippen molar-refractivity contribution in [3.8, 4) is 0 Å². The van der Waals surface area contributed by atoms with Gasteiger partial charge in [-0.3, -0.25) is 14.1 Å². The first-order chi connectivity index (χ1) is 9.83. The number of carbonyl (C=O) groups is 2. The number of alkyl halides is 2. The second kappa shape index (κ2) is 7.82. The second-order valence-electron chi connectivity index (χ2n) is 5.25. The molecule has 1 N–H and O–H groups in total. The Labute approximate surface area is 127 Å². The van der Waals surface area contributed by atoms with Crippen molar-refractivity contribution in [2.75, 3.05) is 13.2 Å². The van der Waals surface area contributed by atoms with Crippen LogP contribution >= 0.6 is 0 Å². The Morgan fingerprint density at radius 3 is 2.18 bits per heavy atom. The maximum Gasteiger partial charge on any atom is 0.402 e. The van der Waals surface area contributed by atoms with Gasteiger partial charge in [-0.1, -0.05) is 6.92 Å². The molecule has 0 aromatic rings. The summed E-state index contributed by atoms with van der Waals surface area (Å²) in [6.45, 7) is 3.34. The summed E-state index contributed by atoms with van der Waals surface area (Å²) < 4.78 is 63.3. The van der Waals surface area contributed by atoms with Crippen LogP contribution in [0, 0.1) is 5.41 Å². The standard InChI is InChI=1S/C12H20F2O7S/c1-4-11(2,3)10(16)20-7-5-6-9(15)21-8-12(13,14)22(17,18)19/h4-8H2,1-3H3,(H,17,18,19). The topological polar surface area (TPSA) is 107 Å². The maximum absolute atomic E-state index is 12.8. The average Bonchev–Trinajstić information content (AvgIpc) is 2.39. The van der Waals surface area contributed by atoms with Crippen molar-refractivity contribution < 1.29 is 40.8 Å². The summed E-state index contributed by atoms with van der Waals surface area (Å²) in [6, 6.07) is 0. The third-order valence-electron chi connectivity index (χ3n) is 2.97. The minimum absolute atomic E-state index is 0.0435. The van der Waals surface area contributed by atoms with Gasteiger partial charge in [0.1, 0.15) is 0 Å². The molecule has 0 aliphatic rings. The molecule has 0 unspecified atom stereocenters. The van der Waals surface area contributed by atoms with Gasteiger partial charge in [0.25, 0.3) is 0 Å². The fraction of sp³-hybridized carbons (Fsp3) is 0.833. The van der Waals surface area contributed by atoms with E-state index >= 15 is 0 Å². The maximum atomic E-state index is 12.8. The Kier molecular flexibility index (Phi) is 7.36. The molecule has 0 fully saturated rings. The van der Waals surface area contributed by atoms with Gasteiger partial charge in [-0.2, -0.15) is 17.2 Å². The normalized spacial score (nSPS) is 12.8. The fourth-order valence-corrected chi connectivity index (χ4v) is 1.24. The number of rotatable bonds is 9. The van der Waals surface area contributed by atoms with Crippen molar-refractivity contribution in [2.24, 2.45) is 5.41 Å². The van der Waals surface area contributed by atoms with E-state index < -0.39 is 39.3 Å². The number of hydrogen-bond donors (Lipinski definition) is 1. The zero-order valence-electron chi connectivity index (χ0n) is 12.6. The fourth-order valence-electron chi connectivity index (χ4n) is 1.03. The van der Waals surface area contributed by atoms with E-state index in [2.05, 4.69) is 4.74 Å². The van der Waals surface area contributed by atoms with E-state index in [-0.39, 0.29) is 19.4 Å². The highest BCUT2D eigenvalue weighted by Crippen LogP contribution is 2.22. The lowest BCUT2D eigenvalue weighted by Gasteiger charge is -2.20. The van der Waals surface area contributed by atoms with E-state index in [0.29, 0.717) is 6.42 Å². The third-order valence-corrected chi connectivity index (χ3v) is 3.85. The number of halogens is 2. The van der Waals surface area contributed by atoms with Gasteiger partial charge in [0.05, 0.1) is 12.0 Å². The van der Waals surface area contributed by atoms with Crippen LogP contribution < -0.4 is 0 Å². The van der Waals surface area contributed by atoms with E-state index in [1.165, 1.54) is 0 Å². The van der Waals surface area contributed by atoms with Gasteiger partial charge in [0, 0.05) is 6.42 Å². The Morgan fingerprint density at radius 1 is 1.18 bits per heavy atom. The van der Waals surface area contributed by atoms with Gasteiger partial charge in [0.2, 0.25) is 0 Å². The molecule has 130 valence electrons. The van der Waals surface area contributed by atoms with Crippen LogP contribution in [0.4, 0.5) is 8.78 Å². The van der Waals surface area contributed by atoms with Gasteiger partial charge in [-0.15, -0.1) is 0 Å². The highest BCUT2D eigenvalue weighted by Gasteiger charge is 2.45. The molecule has 0 saturated heterocycles. The zero-order valence-corrected chi connectivity index (χ0v) is 13.4. The molecule has 0 aromatic carbocycles. The Balaban J connectivity index is 4.06. The van der Waals surface area contributed by atoms with Crippen molar-refractivity contribution in [3.63, 3.8) is 0 Å². The predicted molar refractivity (Wildman–Crippen MR) is 71.7 cm³/mol. The largest absolute Gasteiger partial charge is 0.465 e. The van der Waals surface area contributed by atoms with Crippen LogP contribution in [0.25, 0.3) is 0 Å². The van der Waals surface area contributed by atoms with Crippen molar-refractivity contribution in [1.82, 2.24) is 0 Å². The predicted octanol–water partition coefficient (Wildman–Crippen LogP) is 1.77. The number of carbonyl (C=O) groups excluding carboxylic acids is 2. The molecule has 0 bridgehead atoms. The number of ether oxygens (including phenoxy) is 2. The summed E-state index contributed by atoms with van der Waals surface area (Å²) in [7, 11) is -5.63. The highest BCUT2D eigenvalue weighted by atomic mass is 32.2. The lowest BCUT2D eigenvalue weighted by molar-refractivity contribution is -0.156. The van der Waals surface area contributed by atoms with E-state index in [0.717, 1.165) is 0 Å².